The fourth-order valence-electron chi connectivity index (χ4n) is 8.24. The molecule has 1 saturated carbocycles. The number of benzene rings is 1. The highest BCUT2D eigenvalue weighted by Gasteiger charge is 2.77. The van der Waals surface area contributed by atoms with Gasteiger partial charge in [-0.2, -0.15) is 0 Å². The van der Waals surface area contributed by atoms with Gasteiger partial charge < -0.3 is 29.7 Å². The van der Waals surface area contributed by atoms with Crippen molar-refractivity contribution >= 4 is 39.6 Å². The number of fused-ring (bicyclic) bond motifs is 1. The number of rotatable bonds is 17. The number of nitrogens with one attached hydrogen (secondary N) is 1. The SMILES string of the molecule is C=CCCC(=O)NC[C@H](OC(=O)[C@H]1[C@@H]2O[C@@]3(CC2Br)[C@@H]1C(=O)N(CCCCCO)[C@@H]3C(=O)N(CC=C)C1CCCCC1)c1ccccc1. The summed E-state index contributed by atoms with van der Waals surface area (Å²) in [6.07, 6.45) is 10.1. The van der Waals surface area contributed by atoms with Gasteiger partial charge in [-0.3, -0.25) is 19.2 Å². The Hall–Kier alpha value is -3.02. The minimum atomic E-state index is -1.19. The molecule has 4 aliphatic rings. The van der Waals surface area contributed by atoms with E-state index in [1.54, 1.807) is 17.1 Å². The van der Waals surface area contributed by atoms with Crippen LogP contribution in [-0.4, -0.2) is 93.5 Å². The van der Waals surface area contributed by atoms with Crippen LogP contribution in [0.5, 0.6) is 0 Å². The van der Waals surface area contributed by atoms with Crippen LogP contribution in [0.15, 0.2) is 55.6 Å². The van der Waals surface area contributed by atoms with Crippen molar-refractivity contribution in [2.24, 2.45) is 11.8 Å². The number of hydrogen-bond donors (Lipinski definition) is 2. The van der Waals surface area contributed by atoms with Crippen molar-refractivity contribution < 1.29 is 33.8 Å². The van der Waals surface area contributed by atoms with Gasteiger partial charge in [-0.05, 0) is 50.5 Å². The third-order valence-corrected chi connectivity index (χ3v) is 11.3. The molecule has 1 aromatic carbocycles. The molecule has 1 aliphatic carbocycles. The Balaban J connectivity index is 1.44. The van der Waals surface area contributed by atoms with E-state index in [2.05, 4.69) is 34.4 Å². The monoisotopic (exact) mass is 727 g/mol. The van der Waals surface area contributed by atoms with Crippen molar-refractivity contribution in [3.05, 3.63) is 61.2 Å². The summed E-state index contributed by atoms with van der Waals surface area (Å²) in [6, 6.07) is 8.38. The lowest BCUT2D eigenvalue weighted by molar-refractivity contribution is -0.160. The Morgan fingerprint density at radius 3 is 2.56 bits per heavy atom. The van der Waals surface area contributed by atoms with Crippen LogP contribution in [-0.2, 0) is 28.7 Å². The molecule has 11 heteroatoms. The van der Waals surface area contributed by atoms with Crippen LogP contribution in [0, 0.1) is 11.8 Å². The van der Waals surface area contributed by atoms with Crippen LogP contribution in [0.2, 0.25) is 0 Å². The second-order valence-electron chi connectivity index (χ2n) is 13.5. The van der Waals surface area contributed by atoms with Crippen molar-refractivity contribution in [1.29, 1.82) is 0 Å². The number of ether oxygens (including phenoxy) is 2. The first-order valence-corrected chi connectivity index (χ1v) is 18.5. The Bertz CT molecular complexity index is 1320. The molecule has 1 spiro atoms. The summed E-state index contributed by atoms with van der Waals surface area (Å²) in [6.45, 7) is 8.43. The lowest BCUT2D eigenvalue weighted by atomic mass is 9.70. The molecular weight excluding hydrogens is 678 g/mol. The molecule has 3 amide bonds. The minimum absolute atomic E-state index is 0.0542. The van der Waals surface area contributed by atoms with Crippen molar-refractivity contribution in [2.75, 3.05) is 26.2 Å². The molecule has 3 aliphatic heterocycles. The average molecular weight is 729 g/mol. The zero-order valence-corrected chi connectivity index (χ0v) is 29.4. The van der Waals surface area contributed by atoms with Gasteiger partial charge in [0.05, 0.1) is 24.5 Å². The van der Waals surface area contributed by atoms with Crippen LogP contribution in [0.25, 0.3) is 0 Å². The van der Waals surface area contributed by atoms with E-state index in [-0.39, 0.29) is 48.2 Å². The fraction of sp³-hybridized carbons (Fsp3) is 0.622. The van der Waals surface area contributed by atoms with Crippen molar-refractivity contribution in [3.63, 3.8) is 0 Å². The van der Waals surface area contributed by atoms with E-state index in [4.69, 9.17) is 9.47 Å². The summed E-state index contributed by atoms with van der Waals surface area (Å²) < 4.78 is 12.9. The summed E-state index contributed by atoms with van der Waals surface area (Å²) in [5.74, 6) is -3.00. The lowest BCUT2D eigenvalue weighted by Gasteiger charge is -2.41. The molecule has 48 heavy (non-hydrogen) atoms. The predicted octanol–water partition coefficient (Wildman–Crippen LogP) is 4.61. The van der Waals surface area contributed by atoms with Crippen LogP contribution in [0.3, 0.4) is 0 Å². The molecule has 2 bridgehead atoms. The minimum Gasteiger partial charge on any atom is -0.455 e. The number of alkyl halides is 1. The van der Waals surface area contributed by atoms with Gasteiger partial charge in [0, 0.05) is 37.0 Å². The van der Waals surface area contributed by atoms with Gasteiger partial charge in [0.15, 0.2) is 0 Å². The van der Waals surface area contributed by atoms with Gasteiger partial charge in [0.25, 0.3) is 0 Å². The van der Waals surface area contributed by atoms with Gasteiger partial charge in [-0.1, -0.05) is 77.7 Å². The van der Waals surface area contributed by atoms with Crippen molar-refractivity contribution in [2.45, 2.75) is 105 Å². The average Bonchev–Trinajstić information content (AvgIpc) is 3.69. The number of halogens is 1. The number of likely N-dealkylation sites (tertiary alicyclic amines) is 1. The summed E-state index contributed by atoms with van der Waals surface area (Å²) in [5.41, 5.74) is -0.476. The zero-order chi connectivity index (χ0) is 34.3. The van der Waals surface area contributed by atoms with E-state index >= 15 is 0 Å². The van der Waals surface area contributed by atoms with Gasteiger partial charge >= 0.3 is 5.97 Å². The summed E-state index contributed by atoms with van der Waals surface area (Å²) >= 11 is 3.76. The number of carbonyl (C=O) groups excluding carboxylic acids is 4. The molecule has 1 unspecified atom stereocenters. The molecule has 2 N–H and O–H groups in total. The first-order valence-electron chi connectivity index (χ1n) is 17.5. The van der Waals surface area contributed by atoms with E-state index in [0.29, 0.717) is 50.8 Å². The van der Waals surface area contributed by atoms with Crippen LogP contribution < -0.4 is 5.32 Å². The Kier molecular flexibility index (Phi) is 12.5. The second kappa shape index (κ2) is 16.6. The topological polar surface area (TPSA) is 125 Å². The highest BCUT2D eigenvalue weighted by atomic mass is 79.9. The van der Waals surface area contributed by atoms with Crippen LogP contribution in [0.1, 0.15) is 82.3 Å². The third kappa shape index (κ3) is 7.43. The highest BCUT2D eigenvalue weighted by molar-refractivity contribution is 9.09. The van der Waals surface area contributed by atoms with Gasteiger partial charge in [0.1, 0.15) is 17.7 Å². The zero-order valence-electron chi connectivity index (χ0n) is 27.8. The van der Waals surface area contributed by atoms with Crippen molar-refractivity contribution in [3.8, 4) is 0 Å². The maximum atomic E-state index is 14.8. The van der Waals surface area contributed by atoms with E-state index < -0.39 is 41.7 Å². The van der Waals surface area contributed by atoms with Gasteiger partial charge in [-0.25, -0.2) is 0 Å². The lowest BCUT2D eigenvalue weighted by Crippen LogP contribution is -2.58. The van der Waals surface area contributed by atoms with Crippen LogP contribution >= 0.6 is 15.9 Å². The van der Waals surface area contributed by atoms with Gasteiger partial charge in [0.2, 0.25) is 17.7 Å². The number of amides is 3. The summed E-state index contributed by atoms with van der Waals surface area (Å²) in [4.78, 5) is 59.3. The number of carbonyl (C=O) groups is 4. The molecule has 0 radical (unpaired) electrons. The number of allylic oxidation sites excluding steroid dienone is 1. The highest BCUT2D eigenvalue weighted by Crippen LogP contribution is 2.60. The van der Waals surface area contributed by atoms with Crippen LogP contribution in [0.4, 0.5) is 0 Å². The Labute approximate surface area is 292 Å². The first kappa shape index (κ1) is 36.3. The normalized spacial score (nSPS) is 28.5. The number of aliphatic hydroxyl groups excluding tert-OH is 1. The van der Waals surface area contributed by atoms with Gasteiger partial charge in [-0.15, -0.1) is 13.2 Å². The summed E-state index contributed by atoms with van der Waals surface area (Å²) in [5, 5.41) is 12.2. The second-order valence-corrected chi connectivity index (χ2v) is 14.7. The Morgan fingerprint density at radius 2 is 1.88 bits per heavy atom. The molecule has 7 atom stereocenters. The Morgan fingerprint density at radius 1 is 1.12 bits per heavy atom. The predicted molar refractivity (Wildman–Crippen MR) is 185 cm³/mol. The molecule has 5 rings (SSSR count). The number of aliphatic hydroxyl groups is 1. The third-order valence-electron chi connectivity index (χ3n) is 10.5. The molecule has 1 aromatic rings. The smallest absolute Gasteiger partial charge is 0.313 e. The molecule has 4 fully saturated rings. The fourth-order valence-corrected chi connectivity index (χ4v) is 9.18. The van der Waals surface area contributed by atoms with Crippen molar-refractivity contribution in [1.82, 2.24) is 15.1 Å². The number of nitrogens with zero attached hydrogens (tertiary/aromatic N) is 2. The standard InChI is InChI=1S/C37H50BrN3O7/c1-3-5-19-29(43)39-24-28(25-15-9-6-10-16-25)47-36(46)30-31-34(44)41(21-13-8-14-22-42)33(37(31)23-27(38)32(30)48-37)35(45)40(20-4-2)26-17-11-7-12-18-26/h3-4,6,9-10,15-16,26-28,30-33,42H,1-2,5,7-8,11-14,17-24H2,(H,39,43)/t27?,28-,30+,31-,32+,33+,37-/m0/s1. The van der Waals surface area contributed by atoms with E-state index in [1.807, 2.05) is 35.2 Å². The number of hydrogen-bond acceptors (Lipinski definition) is 7. The van der Waals surface area contributed by atoms with E-state index in [1.165, 1.54) is 0 Å². The number of esters is 1. The first-order chi connectivity index (χ1) is 23.3. The van der Waals surface area contributed by atoms with E-state index in [0.717, 1.165) is 32.1 Å². The maximum absolute atomic E-state index is 14.8. The maximum Gasteiger partial charge on any atom is 0.313 e. The molecule has 3 saturated heterocycles. The number of unbranched alkanes of at least 4 members (excludes halogenated alkanes) is 2. The molecule has 3 heterocycles. The molecule has 262 valence electrons. The summed E-state index contributed by atoms with van der Waals surface area (Å²) in [7, 11) is 0. The van der Waals surface area contributed by atoms with E-state index in [9.17, 15) is 24.3 Å². The molecule has 10 nitrogen and oxygen atoms in total. The molecular formula is C37H50BrN3O7. The largest absolute Gasteiger partial charge is 0.455 e. The molecule has 0 aromatic heterocycles. The quantitative estimate of drug-likeness (QED) is 0.104.